The van der Waals surface area contributed by atoms with Crippen LogP contribution in [0.3, 0.4) is 0 Å². The monoisotopic (exact) mass is 959 g/mol. The minimum Gasteiger partial charge on any atom is -0.462 e. The van der Waals surface area contributed by atoms with E-state index in [0.29, 0.717) is 19.3 Å². The largest absolute Gasteiger partial charge is 0.462 e. The molecule has 0 amide bonds. The summed E-state index contributed by atoms with van der Waals surface area (Å²) in [5.74, 6) is -0.846. The highest BCUT2D eigenvalue weighted by Crippen LogP contribution is 2.18. The Hall–Kier alpha value is -1.85. The topological polar surface area (TPSA) is 78.9 Å². The van der Waals surface area contributed by atoms with E-state index < -0.39 is 6.10 Å². The zero-order chi connectivity index (χ0) is 49.3. The molecule has 0 saturated carbocycles. The summed E-state index contributed by atoms with van der Waals surface area (Å²) in [6, 6.07) is 0. The van der Waals surface area contributed by atoms with Gasteiger partial charge in [0.1, 0.15) is 13.2 Å². The number of hydrogen-bond acceptors (Lipinski definition) is 6. The molecular weight excluding hydrogens is 841 g/mol. The van der Waals surface area contributed by atoms with Crippen LogP contribution < -0.4 is 0 Å². The number of ether oxygens (including phenoxy) is 3. The van der Waals surface area contributed by atoms with Crippen molar-refractivity contribution >= 4 is 17.9 Å². The number of hydrogen-bond donors (Lipinski definition) is 0. The Balaban J connectivity index is 4.31. The van der Waals surface area contributed by atoms with Crippen molar-refractivity contribution in [3.63, 3.8) is 0 Å². The number of rotatable bonds is 57. The number of allylic oxidation sites excluding steroid dienone is 2. The van der Waals surface area contributed by atoms with E-state index >= 15 is 0 Å². The molecule has 0 saturated heterocycles. The predicted molar refractivity (Wildman–Crippen MR) is 293 cm³/mol. The van der Waals surface area contributed by atoms with Gasteiger partial charge in [-0.15, -0.1) is 0 Å². The van der Waals surface area contributed by atoms with E-state index in [1.54, 1.807) is 0 Å². The van der Waals surface area contributed by atoms with Gasteiger partial charge in [0.05, 0.1) is 0 Å². The lowest BCUT2D eigenvalue weighted by atomic mass is 10.0. The third-order valence-electron chi connectivity index (χ3n) is 14.0. The summed E-state index contributed by atoms with van der Waals surface area (Å²) in [6.45, 7) is 6.70. The number of unbranched alkanes of at least 4 members (excludes halogenated alkanes) is 44. The van der Waals surface area contributed by atoms with Crippen molar-refractivity contribution in [1.82, 2.24) is 0 Å². The summed E-state index contributed by atoms with van der Waals surface area (Å²) in [4.78, 5) is 38.2. The summed E-state index contributed by atoms with van der Waals surface area (Å²) in [7, 11) is 0. The van der Waals surface area contributed by atoms with Crippen molar-refractivity contribution in [3.8, 4) is 0 Å². The van der Waals surface area contributed by atoms with Gasteiger partial charge in [-0.05, 0) is 44.9 Å². The van der Waals surface area contributed by atoms with Crippen molar-refractivity contribution in [2.24, 2.45) is 0 Å². The molecule has 0 bridgehead atoms. The first-order chi connectivity index (χ1) is 33.5. The Labute approximate surface area is 424 Å². The van der Waals surface area contributed by atoms with Crippen LogP contribution in [0.1, 0.15) is 348 Å². The molecule has 0 aromatic carbocycles. The molecule has 0 aromatic rings. The van der Waals surface area contributed by atoms with Gasteiger partial charge in [0.2, 0.25) is 0 Å². The average molecular weight is 960 g/mol. The minimum atomic E-state index is -0.768. The van der Waals surface area contributed by atoms with Crippen LogP contribution in [0, 0.1) is 0 Å². The van der Waals surface area contributed by atoms with Crippen LogP contribution >= 0.6 is 0 Å². The van der Waals surface area contributed by atoms with Crippen LogP contribution in [-0.4, -0.2) is 37.2 Å². The Morgan fingerprint density at radius 3 is 0.735 bits per heavy atom. The van der Waals surface area contributed by atoms with Crippen LogP contribution in [-0.2, 0) is 28.6 Å². The summed E-state index contributed by atoms with van der Waals surface area (Å²) < 4.78 is 16.9. The molecule has 0 radical (unpaired) electrons. The summed E-state index contributed by atoms with van der Waals surface area (Å²) in [6.07, 6.45) is 66.3. The first-order valence-corrected chi connectivity index (χ1v) is 30.7. The van der Waals surface area contributed by atoms with Crippen LogP contribution in [0.25, 0.3) is 0 Å². The first kappa shape index (κ1) is 66.2. The Kier molecular flexibility index (Phi) is 56.2. The van der Waals surface area contributed by atoms with E-state index in [0.717, 1.165) is 64.2 Å². The number of carbonyl (C=O) groups is 3. The minimum absolute atomic E-state index is 0.0661. The van der Waals surface area contributed by atoms with Crippen molar-refractivity contribution in [3.05, 3.63) is 12.2 Å². The second-order valence-electron chi connectivity index (χ2n) is 21.0. The quantitative estimate of drug-likeness (QED) is 0.0262. The second-order valence-corrected chi connectivity index (χ2v) is 21.0. The van der Waals surface area contributed by atoms with E-state index in [-0.39, 0.29) is 31.1 Å². The average Bonchev–Trinajstić information content (AvgIpc) is 3.34. The Morgan fingerprint density at radius 2 is 0.485 bits per heavy atom. The zero-order valence-electron chi connectivity index (χ0n) is 46.2. The highest BCUT2D eigenvalue weighted by Gasteiger charge is 2.19. The summed E-state index contributed by atoms with van der Waals surface area (Å²) in [5, 5.41) is 0. The van der Waals surface area contributed by atoms with Gasteiger partial charge in [0.25, 0.3) is 0 Å². The number of esters is 3. The highest BCUT2D eigenvalue weighted by molar-refractivity contribution is 5.71. The molecule has 0 heterocycles. The zero-order valence-corrected chi connectivity index (χ0v) is 46.2. The molecule has 0 rings (SSSR count). The molecule has 0 fully saturated rings. The van der Waals surface area contributed by atoms with Crippen molar-refractivity contribution < 1.29 is 28.6 Å². The molecule has 6 heteroatoms. The van der Waals surface area contributed by atoms with Gasteiger partial charge in [-0.1, -0.05) is 296 Å². The molecule has 0 aliphatic rings. The molecule has 0 aliphatic carbocycles. The fourth-order valence-corrected chi connectivity index (χ4v) is 9.38. The maximum absolute atomic E-state index is 12.9. The van der Waals surface area contributed by atoms with Crippen LogP contribution in [0.15, 0.2) is 12.2 Å². The van der Waals surface area contributed by atoms with Gasteiger partial charge >= 0.3 is 17.9 Å². The van der Waals surface area contributed by atoms with Gasteiger partial charge < -0.3 is 14.2 Å². The first-order valence-electron chi connectivity index (χ1n) is 30.7. The molecule has 0 aliphatic heterocycles. The molecule has 1 atom stereocenters. The van der Waals surface area contributed by atoms with E-state index in [4.69, 9.17) is 14.2 Å². The molecule has 0 aromatic heterocycles. The SMILES string of the molecule is CCCCCCCC/C=C\CCCCCCCC(=O)OCC(COC(=O)CCCCCCCCCCCCCCCCCCCC)OC(=O)CCCCCCCCCCCCCCCCCCC. The molecule has 0 N–H and O–H groups in total. The van der Waals surface area contributed by atoms with E-state index in [2.05, 4.69) is 32.9 Å². The third kappa shape index (κ3) is 55.1. The molecule has 402 valence electrons. The van der Waals surface area contributed by atoms with Crippen LogP contribution in [0.2, 0.25) is 0 Å². The van der Waals surface area contributed by atoms with Crippen molar-refractivity contribution in [2.45, 2.75) is 354 Å². The maximum atomic E-state index is 12.9. The fraction of sp³-hybridized carbons (Fsp3) is 0.919. The molecule has 0 spiro atoms. The smallest absolute Gasteiger partial charge is 0.306 e. The lowest BCUT2D eigenvalue weighted by molar-refractivity contribution is -0.167. The molecule has 6 nitrogen and oxygen atoms in total. The lowest BCUT2D eigenvalue weighted by Crippen LogP contribution is -2.30. The second kappa shape index (κ2) is 57.7. The van der Waals surface area contributed by atoms with Gasteiger partial charge in [-0.2, -0.15) is 0 Å². The standard InChI is InChI=1S/C62H118O6/c1-4-7-10-13-16-19-22-25-28-30-32-34-37-40-43-46-49-52-55-61(64)67-58-59(57-66-60(63)54-51-48-45-42-39-36-33-27-24-21-18-15-12-9-6-3)68-62(65)56-53-50-47-44-41-38-35-31-29-26-23-20-17-14-11-8-5-2/h27,33,59H,4-26,28-32,34-58H2,1-3H3/b33-27-. The van der Waals surface area contributed by atoms with Gasteiger partial charge in [-0.3, -0.25) is 14.4 Å². The summed E-state index contributed by atoms with van der Waals surface area (Å²) in [5.41, 5.74) is 0. The predicted octanol–water partition coefficient (Wildman–Crippen LogP) is 20.5. The Bertz CT molecular complexity index is 1060. The van der Waals surface area contributed by atoms with Crippen LogP contribution in [0.5, 0.6) is 0 Å². The van der Waals surface area contributed by atoms with Crippen LogP contribution in [0.4, 0.5) is 0 Å². The van der Waals surface area contributed by atoms with Gasteiger partial charge in [0.15, 0.2) is 6.10 Å². The van der Waals surface area contributed by atoms with E-state index in [1.807, 2.05) is 0 Å². The van der Waals surface area contributed by atoms with E-state index in [1.165, 1.54) is 244 Å². The summed E-state index contributed by atoms with van der Waals surface area (Å²) >= 11 is 0. The third-order valence-corrected chi connectivity index (χ3v) is 14.0. The lowest BCUT2D eigenvalue weighted by Gasteiger charge is -2.18. The molecule has 68 heavy (non-hydrogen) atoms. The van der Waals surface area contributed by atoms with Crippen molar-refractivity contribution in [1.29, 1.82) is 0 Å². The normalized spacial score (nSPS) is 12.0. The molecular formula is C62H118O6. The maximum Gasteiger partial charge on any atom is 0.306 e. The van der Waals surface area contributed by atoms with Crippen molar-refractivity contribution in [2.75, 3.05) is 13.2 Å². The van der Waals surface area contributed by atoms with E-state index in [9.17, 15) is 14.4 Å². The molecule has 1 unspecified atom stereocenters. The highest BCUT2D eigenvalue weighted by atomic mass is 16.6. The van der Waals surface area contributed by atoms with Gasteiger partial charge in [0, 0.05) is 19.3 Å². The van der Waals surface area contributed by atoms with Gasteiger partial charge in [-0.25, -0.2) is 0 Å². The fourth-order valence-electron chi connectivity index (χ4n) is 9.38. The number of carbonyl (C=O) groups excluding carboxylic acids is 3. The Morgan fingerprint density at radius 1 is 0.279 bits per heavy atom.